The van der Waals surface area contributed by atoms with Crippen LogP contribution >= 0.6 is 0 Å². The molecular weight excluding hydrogens is 294 g/mol. The van der Waals surface area contributed by atoms with Crippen molar-refractivity contribution in [3.05, 3.63) is 17.5 Å². The fraction of sp³-hybridized carbons (Fsp3) is 0.692. The molecule has 1 amide bonds. The highest BCUT2D eigenvalue weighted by molar-refractivity contribution is 7.91. The monoisotopic (exact) mass is 315 g/mol. The number of rotatable bonds is 5. The van der Waals surface area contributed by atoms with Gasteiger partial charge < -0.3 is 9.42 Å². The molecule has 2 heterocycles. The number of hydrogen-bond acceptors (Lipinski definition) is 6. The Morgan fingerprint density at radius 1 is 1.48 bits per heavy atom. The van der Waals surface area contributed by atoms with E-state index >= 15 is 0 Å². The predicted molar refractivity (Wildman–Crippen MR) is 77.4 cm³/mol. The number of carbonyl (C=O) groups excluding carboxylic acids is 1. The van der Waals surface area contributed by atoms with E-state index in [9.17, 15) is 13.2 Å². The molecule has 21 heavy (non-hydrogen) atoms. The van der Waals surface area contributed by atoms with Gasteiger partial charge in [-0.2, -0.15) is 0 Å². The summed E-state index contributed by atoms with van der Waals surface area (Å²) in [6, 6.07) is 1.62. The topological polar surface area (TPSA) is 83.7 Å². The van der Waals surface area contributed by atoms with Gasteiger partial charge in [-0.15, -0.1) is 0 Å². The minimum atomic E-state index is -2.98. The molecule has 0 radical (unpaired) electrons. The van der Waals surface area contributed by atoms with Crippen LogP contribution in [0, 0.1) is 6.92 Å². The number of aromatic nitrogens is 1. The summed E-state index contributed by atoms with van der Waals surface area (Å²) in [5.41, 5.74) is 0.772. The quantitative estimate of drug-likeness (QED) is 0.764. The first-order valence-electron chi connectivity index (χ1n) is 6.83. The number of likely N-dealkylation sites (N-methyl/N-ethyl adjacent to an activating group) is 2. The van der Waals surface area contributed by atoms with Crippen molar-refractivity contribution in [2.45, 2.75) is 25.9 Å². The Labute approximate surface area is 124 Å². The molecular formula is C13H21N3O4S. The number of amides is 1. The molecule has 1 aromatic rings. The molecule has 1 aliphatic heterocycles. The highest BCUT2D eigenvalue weighted by Gasteiger charge is 2.32. The van der Waals surface area contributed by atoms with E-state index in [1.165, 1.54) is 0 Å². The van der Waals surface area contributed by atoms with Crippen molar-refractivity contribution in [2.75, 3.05) is 32.1 Å². The summed E-state index contributed by atoms with van der Waals surface area (Å²) in [6.45, 7) is 2.55. The molecule has 0 spiro atoms. The molecule has 0 aliphatic carbocycles. The molecule has 1 fully saturated rings. The SMILES string of the molecule is Cc1cc(CN(C)CC(=O)N(C)[C@@H]2CCS(=O)(=O)C2)no1. The van der Waals surface area contributed by atoms with Gasteiger partial charge in [-0.05, 0) is 20.4 Å². The third-order valence-corrected chi connectivity index (χ3v) is 5.41. The van der Waals surface area contributed by atoms with Crippen LogP contribution in [0.4, 0.5) is 0 Å². The summed E-state index contributed by atoms with van der Waals surface area (Å²) in [7, 11) is 0.511. The van der Waals surface area contributed by atoms with Gasteiger partial charge >= 0.3 is 0 Å². The highest BCUT2D eigenvalue weighted by Crippen LogP contribution is 2.16. The van der Waals surface area contributed by atoms with Crippen LogP contribution in [-0.2, 0) is 21.2 Å². The summed E-state index contributed by atoms with van der Waals surface area (Å²) in [5, 5.41) is 3.88. The van der Waals surface area contributed by atoms with Gasteiger partial charge in [-0.3, -0.25) is 9.69 Å². The standard InChI is InChI=1S/C13H21N3O4S/c1-10-6-11(14-20-10)7-15(2)8-13(17)16(3)12-4-5-21(18,19)9-12/h6,12H,4-5,7-9H2,1-3H3/t12-/m1/s1. The third-order valence-electron chi connectivity index (χ3n) is 3.66. The molecule has 7 nitrogen and oxygen atoms in total. The zero-order valence-electron chi connectivity index (χ0n) is 12.6. The van der Waals surface area contributed by atoms with E-state index < -0.39 is 9.84 Å². The van der Waals surface area contributed by atoms with Crippen LogP contribution in [0.2, 0.25) is 0 Å². The maximum atomic E-state index is 12.2. The molecule has 1 aromatic heterocycles. The predicted octanol–water partition coefficient (Wildman–Crippen LogP) is 0.0603. The van der Waals surface area contributed by atoms with Crippen molar-refractivity contribution in [1.29, 1.82) is 0 Å². The van der Waals surface area contributed by atoms with Gasteiger partial charge in [0.25, 0.3) is 0 Å². The Hall–Kier alpha value is -1.41. The van der Waals surface area contributed by atoms with Crippen LogP contribution in [-0.4, -0.2) is 67.5 Å². The van der Waals surface area contributed by atoms with Crippen molar-refractivity contribution >= 4 is 15.7 Å². The second kappa shape index (κ2) is 6.15. The van der Waals surface area contributed by atoms with Gasteiger partial charge in [0.15, 0.2) is 9.84 Å². The molecule has 118 valence electrons. The number of nitrogens with zero attached hydrogens (tertiary/aromatic N) is 3. The maximum absolute atomic E-state index is 12.2. The number of hydrogen-bond donors (Lipinski definition) is 0. The summed E-state index contributed by atoms with van der Waals surface area (Å²) >= 11 is 0. The van der Waals surface area contributed by atoms with Crippen molar-refractivity contribution in [1.82, 2.24) is 15.0 Å². The van der Waals surface area contributed by atoms with Gasteiger partial charge in [0.2, 0.25) is 5.91 Å². The van der Waals surface area contributed by atoms with Gasteiger partial charge in [0.05, 0.1) is 23.7 Å². The summed E-state index contributed by atoms with van der Waals surface area (Å²) in [6.07, 6.45) is 0.525. The first kappa shape index (κ1) is 16.0. The minimum Gasteiger partial charge on any atom is -0.361 e. The largest absolute Gasteiger partial charge is 0.361 e. The third kappa shape index (κ3) is 4.28. The molecule has 1 saturated heterocycles. The molecule has 0 N–H and O–H groups in total. The second-order valence-corrected chi connectivity index (χ2v) is 7.89. The second-order valence-electron chi connectivity index (χ2n) is 5.66. The fourth-order valence-electron chi connectivity index (χ4n) is 2.45. The van der Waals surface area contributed by atoms with Crippen LogP contribution in [0.3, 0.4) is 0 Å². The molecule has 2 rings (SSSR count). The normalized spacial score (nSPS) is 20.9. The van der Waals surface area contributed by atoms with E-state index in [0.717, 1.165) is 11.5 Å². The lowest BCUT2D eigenvalue weighted by atomic mass is 10.2. The van der Waals surface area contributed by atoms with E-state index in [1.807, 2.05) is 24.9 Å². The van der Waals surface area contributed by atoms with E-state index in [-0.39, 0.29) is 30.0 Å². The molecule has 0 aromatic carbocycles. The Morgan fingerprint density at radius 3 is 2.71 bits per heavy atom. The van der Waals surface area contributed by atoms with Crippen LogP contribution in [0.1, 0.15) is 17.9 Å². The minimum absolute atomic E-state index is 0.0709. The molecule has 0 bridgehead atoms. The fourth-order valence-corrected chi connectivity index (χ4v) is 4.23. The maximum Gasteiger partial charge on any atom is 0.236 e. The van der Waals surface area contributed by atoms with Crippen molar-refractivity contribution in [3.8, 4) is 0 Å². The van der Waals surface area contributed by atoms with Gasteiger partial charge in [-0.25, -0.2) is 8.42 Å². The van der Waals surface area contributed by atoms with Crippen LogP contribution in [0.15, 0.2) is 10.6 Å². The molecule has 0 saturated carbocycles. The van der Waals surface area contributed by atoms with E-state index in [2.05, 4.69) is 5.16 Å². The molecule has 1 aliphatic rings. The smallest absolute Gasteiger partial charge is 0.236 e. The number of sulfone groups is 1. The zero-order chi connectivity index (χ0) is 15.6. The van der Waals surface area contributed by atoms with Crippen LogP contribution < -0.4 is 0 Å². The first-order valence-corrected chi connectivity index (χ1v) is 8.66. The van der Waals surface area contributed by atoms with E-state index in [4.69, 9.17) is 4.52 Å². The Kier molecular flexibility index (Phi) is 4.67. The van der Waals surface area contributed by atoms with E-state index in [1.54, 1.807) is 11.9 Å². The average Bonchev–Trinajstić information content (AvgIpc) is 2.94. The number of aryl methyl sites for hydroxylation is 1. The van der Waals surface area contributed by atoms with E-state index in [0.29, 0.717) is 13.0 Å². The van der Waals surface area contributed by atoms with Gasteiger partial charge in [0.1, 0.15) is 5.76 Å². The Bertz CT molecular complexity index is 611. The highest BCUT2D eigenvalue weighted by atomic mass is 32.2. The van der Waals surface area contributed by atoms with Crippen molar-refractivity contribution in [3.63, 3.8) is 0 Å². The summed E-state index contributed by atoms with van der Waals surface area (Å²) in [5.74, 6) is 0.892. The summed E-state index contributed by atoms with van der Waals surface area (Å²) < 4.78 is 27.9. The van der Waals surface area contributed by atoms with Crippen LogP contribution in [0.25, 0.3) is 0 Å². The van der Waals surface area contributed by atoms with Crippen molar-refractivity contribution in [2.24, 2.45) is 0 Å². The zero-order valence-corrected chi connectivity index (χ0v) is 13.4. The Balaban J connectivity index is 1.86. The summed E-state index contributed by atoms with van der Waals surface area (Å²) in [4.78, 5) is 15.6. The molecule has 8 heteroatoms. The van der Waals surface area contributed by atoms with Crippen molar-refractivity contribution < 1.29 is 17.7 Å². The Morgan fingerprint density at radius 2 is 2.19 bits per heavy atom. The molecule has 1 atom stereocenters. The lowest BCUT2D eigenvalue weighted by Crippen LogP contribution is -2.42. The lowest BCUT2D eigenvalue weighted by molar-refractivity contribution is -0.132. The van der Waals surface area contributed by atoms with Gasteiger partial charge in [0, 0.05) is 25.7 Å². The average molecular weight is 315 g/mol. The number of carbonyl (C=O) groups is 1. The first-order chi connectivity index (χ1) is 9.77. The molecule has 0 unspecified atom stereocenters. The lowest BCUT2D eigenvalue weighted by Gasteiger charge is -2.25. The van der Waals surface area contributed by atoms with Gasteiger partial charge in [-0.1, -0.05) is 5.16 Å². The van der Waals surface area contributed by atoms with Crippen LogP contribution in [0.5, 0.6) is 0 Å².